The first-order valence-electron chi connectivity index (χ1n) is 4.90. The molecule has 14 heavy (non-hydrogen) atoms. The molecule has 80 valence electrons. The third-order valence-electron chi connectivity index (χ3n) is 2.27. The van der Waals surface area contributed by atoms with E-state index in [0.29, 0.717) is 13.0 Å². The SMILES string of the molecule is O=C(O)CCCCNC(=O)C1CNC1. The molecule has 0 unspecified atom stereocenters. The maximum atomic E-state index is 11.3. The molecule has 0 spiro atoms. The molecule has 5 nitrogen and oxygen atoms in total. The van der Waals surface area contributed by atoms with Gasteiger partial charge in [-0.2, -0.15) is 0 Å². The van der Waals surface area contributed by atoms with E-state index in [1.807, 2.05) is 0 Å². The highest BCUT2D eigenvalue weighted by molar-refractivity contribution is 5.79. The Hall–Kier alpha value is -1.10. The number of hydrogen-bond acceptors (Lipinski definition) is 3. The summed E-state index contributed by atoms with van der Waals surface area (Å²) in [7, 11) is 0. The fourth-order valence-electron chi connectivity index (χ4n) is 1.23. The van der Waals surface area contributed by atoms with Gasteiger partial charge >= 0.3 is 5.97 Å². The van der Waals surface area contributed by atoms with E-state index in [-0.39, 0.29) is 18.2 Å². The molecular weight excluding hydrogens is 184 g/mol. The molecule has 3 N–H and O–H groups in total. The largest absolute Gasteiger partial charge is 0.481 e. The van der Waals surface area contributed by atoms with E-state index in [1.54, 1.807) is 0 Å². The number of hydrogen-bond donors (Lipinski definition) is 3. The summed E-state index contributed by atoms with van der Waals surface area (Å²) in [6, 6.07) is 0. The molecule has 1 fully saturated rings. The van der Waals surface area contributed by atoms with Crippen LogP contribution in [0.2, 0.25) is 0 Å². The fraction of sp³-hybridized carbons (Fsp3) is 0.778. The van der Waals surface area contributed by atoms with Crippen LogP contribution in [0.25, 0.3) is 0 Å². The summed E-state index contributed by atoms with van der Waals surface area (Å²) in [5.41, 5.74) is 0. The Bertz CT molecular complexity index is 214. The molecule has 1 aliphatic rings. The molecular formula is C9H16N2O3. The standard InChI is InChI=1S/C9H16N2O3/c12-8(13)3-1-2-4-11-9(14)7-5-10-6-7/h7,10H,1-6H2,(H,11,14)(H,12,13). The van der Waals surface area contributed by atoms with Gasteiger partial charge in [0.25, 0.3) is 0 Å². The Balaban J connectivity index is 1.92. The van der Waals surface area contributed by atoms with E-state index in [2.05, 4.69) is 10.6 Å². The fourth-order valence-corrected chi connectivity index (χ4v) is 1.23. The van der Waals surface area contributed by atoms with Gasteiger partial charge in [0.2, 0.25) is 5.91 Å². The van der Waals surface area contributed by atoms with Crippen molar-refractivity contribution in [2.75, 3.05) is 19.6 Å². The minimum absolute atomic E-state index is 0.0825. The molecule has 0 saturated carbocycles. The van der Waals surface area contributed by atoms with Crippen LogP contribution in [-0.4, -0.2) is 36.6 Å². The molecule has 1 amide bonds. The smallest absolute Gasteiger partial charge is 0.303 e. The second-order valence-electron chi connectivity index (χ2n) is 3.50. The molecule has 0 aromatic rings. The van der Waals surface area contributed by atoms with Gasteiger partial charge in [0.1, 0.15) is 0 Å². The topological polar surface area (TPSA) is 78.4 Å². The highest BCUT2D eigenvalue weighted by atomic mass is 16.4. The number of unbranched alkanes of at least 4 members (excludes halogenated alkanes) is 1. The van der Waals surface area contributed by atoms with Crippen LogP contribution in [0, 0.1) is 5.92 Å². The van der Waals surface area contributed by atoms with Gasteiger partial charge in [-0.1, -0.05) is 0 Å². The lowest BCUT2D eigenvalue weighted by molar-refractivity contribution is -0.137. The van der Waals surface area contributed by atoms with Gasteiger partial charge in [-0.25, -0.2) is 0 Å². The number of carboxylic acids is 1. The Morgan fingerprint density at radius 1 is 1.36 bits per heavy atom. The van der Waals surface area contributed by atoms with Crippen LogP contribution in [0.15, 0.2) is 0 Å². The van der Waals surface area contributed by atoms with Gasteiger partial charge in [0, 0.05) is 26.1 Å². The minimum Gasteiger partial charge on any atom is -0.481 e. The van der Waals surface area contributed by atoms with Gasteiger partial charge in [0.05, 0.1) is 5.92 Å². The van der Waals surface area contributed by atoms with Crippen molar-refractivity contribution >= 4 is 11.9 Å². The zero-order valence-corrected chi connectivity index (χ0v) is 8.08. The lowest BCUT2D eigenvalue weighted by Crippen LogP contribution is -2.50. The Morgan fingerprint density at radius 3 is 2.57 bits per heavy atom. The molecule has 5 heteroatoms. The van der Waals surface area contributed by atoms with Crippen molar-refractivity contribution in [3.8, 4) is 0 Å². The maximum absolute atomic E-state index is 11.3. The summed E-state index contributed by atoms with van der Waals surface area (Å²) in [6.45, 7) is 2.12. The molecule has 1 aliphatic heterocycles. The van der Waals surface area contributed by atoms with E-state index in [0.717, 1.165) is 19.5 Å². The highest BCUT2D eigenvalue weighted by Crippen LogP contribution is 2.02. The second kappa shape index (κ2) is 5.59. The first-order chi connectivity index (χ1) is 6.70. The van der Waals surface area contributed by atoms with Crippen LogP contribution in [0.1, 0.15) is 19.3 Å². The van der Waals surface area contributed by atoms with Crippen molar-refractivity contribution in [2.45, 2.75) is 19.3 Å². The third kappa shape index (κ3) is 3.74. The average Bonchev–Trinajstić information content (AvgIpc) is 1.99. The third-order valence-corrected chi connectivity index (χ3v) is 2.27. The van der Waals surface area contributed by atoms with E-state index in [1.165, 1.54) is 0 Å². The van der Waals surface area contributed by atoms with E-state index < -0.39 is 5.97 Å². The summed E-state index contributed by atoms with van der Waals surface area (Å²) in [5, 5.41) is 14.2. The zero-order valence-electron chi connectivity index (χ0n) is 8.08. The minimum atomic E-state index is -0.778. The van der Waals surface area contributed by atoms with Crippen LogP contribution in [0.5, 0.6) is 0 Å². The van der Waals surface area contributed by atoms with Crippen molar-refractivity contribution < 1.29 is 14.7 Å². The van der Waals surface area contributed by atoms with Crippen molar-refractivity contribution in [3.63, 3.8) is 0 Å². The van der Waals surface area contributed by atoms with Crippen LogP contribution in [0.4, 0.5) is 0 Å². The Kier molecular flexibility index (Phi) is 4.39. The van der Waals surface area contributed by atoms with Crippen molar-refractivity contribution in [1.29, 1.82) is 0 Å². The normalized spacial score (nSPS) is 16.0. The molecule has 0 atom stereocenters. The van der Waals surface area contributed by atoms with Gasteiger partial charge in [-0.3, -0.25) is 9.59 Å². The molecule has 0 aromatic heterocycles. The summed E-state index contributed by atoms with van der Waals surface area (Å²) in [4.78, 5) is 21.4. The lowest BCUT2D eigenvalue weighted by atomic mass is 10.0. The predicted octanol–water partition coefficient (Wildman–Crippen LogP) is -0.423. The van der Waals surface area contributed by atoms with Crippen LogP contribution >= 0.6 is 0 Å². The first kappa shape index (κ1) is 11.0. The van der Waals surface area contributed by atoms with E-state index >= 15 is 0 Å². The monoisotopic (exact) mass is 200 g/mol. The van der Waals surface area contributed by atoms with E-state index in [4.69, 9.17) is 5.11 Å². The number of carbonyl (C=O) groups excluding carboxylic acids is 1. The maximum Gasteiger partial charge on any atom is 0.303 e. The van der Waals surface area contributed by atoms with Gasteiger partial charge < -0.3 is 15.7 Å². The summed E-state index contributed by atoms with van der Waals surface area (Å²) < 4.78 is 0. The Labute approximate surface area is 82.9 Å². The first-order valence-corrected chi connectivity index (χ1v) is 4.90. The van der Waals surface area contributed by atoms with Gasteiger partial charge in [-0.05, 0) is 12.8 Å². The second-order valence-corrected chi connectivity index (χ2v) is 3.50. The number of nitrogens with one attached hydrogen (secondary N) is 2. The number of carbonyl (C=O) groups is 2. The van der Waals surface area contributed by atoms with Crippen molar-refractivity contribution in [1.82, 2.24) is 10.6 Å². The van der Waals surface area contributed by atoms with Crippen molar-refractivity contribution in [2.24, 2.45) is 5.92 Å². The number of amides is 1. The highest BCUT2D eigenvalue weighted by Gasteiger charge is 2.23. The van der Waals surface area contributed by atoms with Crippen molar-refractivity contribution in [3.05, 3.63) is 0 Å². The number of aliphatic carboxylic acids is 1. The average molecular weight is 200 g/mol. The quantitative estimate of drug-likeness (QED) is 0.509. The molecule has 0 radical (unpaired) electrons. The molecule has 0 aliphatic carbocycles. The van der Waals surface area contributed by atoms with Gasteiger partial charge in [0.15, 0.2) is 0 Å². The molecule has 0 bridgehead atoms. The lowest BCUT2D eigenvalue weighted by Gasteiger charge is -2.25. The summed E-state index contributed by atoms with van der Waals surface area (Å²) in [5.74, 6) is -0.576. The van der Waals surface area contributed by atoms with Crippen LogP contribution in [0.3, 0.4) is 0 Å². The van der Waals surface area contributed by atoms with Crippen LogP contribution < -0.4 is 10.6 Å². The molecule has 0 aromatic carbocycles. The Morgan fingerprint density at radius 2 is 2.07 bits per heavy atom. The molecule has 1 rings (SSSR count). The molecule has 1 heterocycles. The molecule has 1 saturated heterocycles. The predicted molar refractivity (Wildman–Crippen MR) is 50.9 cm³/mol. The van der Waals surface area contributed by atoms with Crippen LogP contribution in [-0.2, 0) is 9.59 Å². The number of carboxylic acid groups (broad SMARTS) is 1. The number of rotatable bonds is 6. The van der Waals surface area contributed by atoms with E-state index in [9.17, 15) is 9.59 Å². The summed E-state index contributed by atoms with van der Waals surface area (Å²) in [6.07, 6.45) is 1.54. The zero-order chi connectivity index (χ0) is 10.4. The summed E-state index contributed by atoms with van der Waals surface area (Å²) >= 11 is 0. The van der Waals surface area contributed by atoms with Gasteiger partial charge in [-0.15, -0.1) is 0 Å².